The lowest BCUT2D eigenvalue weighted by Gasteiger charge is -2.13. The van der Waals surface area contributed by atoms with Gasteiger partial charge >= 0.3 is 0 Å². The van der Waals surface area contributed by atoms with E-state index in [1.807, 2.05) is 18.3 Å². The molecule has 0 aliphatic carbocycles. The summed E-state index contributed by atoms with van der Waals surface area (Å²) in [6.45, 7) is 2.98. The van der Waals surface area contributed by atoms with Crippen LogP contribution in [0.15, 0.2) is 36.7 Å². The van der Waals surface area contributed by atoms with Gasteiger partial charge in [0.2, 0.25) is 0 Å². The first kappa shape index (κ1) is 11.7. The molecule has 0 fully saturated rings. The van der Waals surface area contributed by atoms with E-state index < -0.39 is 0 Å². The number of nitrogens with zero attached hydrogens (tertiary/aromatic N) is 1. The van der Waals surface area contributed by atoms with Gasteiger partial charge in [-0.2, -0.15) is 0 Å². The molecule has 2 aromatic rings. The molecule has 17 heavy (non-hydrogen) atoms. The first-order valence-corrected chi connectivity index (χ1v) is 5.76. The molecule has 0 saturated heterocycles. The number of imidazole rings is 1. The van der Waals surface area contributed by atoms with Crippen molar-refractivity contribution >= 4 is 0 Å². The minimum atomic E-state index is 0.269. The Hall–Kier alpha value is -1.81. The van der Waals surface area contributed by atoms with Crippen molar-refractivity contribution < 1.29 is 5.11 Å². The van der Waals surface area contributed by atoms with Crippen molar-refractivity contribution in [3.8, 4) is 5.75 Å². The number of aromatic nitrogens is 2. The molecule has 1 unspecified atom stereocenters. The molecule has 0 bridgehead atoms. The number of hydrogen-bond donors (Lipinski definition) is 3. The normalized spacial score (nSPS) is 12.5. The van der Waals surface area contributed by atoms with Gasteiger partial charge in [0.15, 0.2) is 0 Å². The zero-order valence-corrected chi connectivity index (χ0v) is 9.85. The van der Waals surface area contributed by atoms with E-state index in [1.54, 1.807) is 18.3 Å². The van der Waals surface area contributed by atoms with E-state index in [0.29, 0.717) is 5.75 Å². The Labute approximate surface area is 101 Å². The Morgan fingerprint density at radius 1 is 1.35 bits per heavy atom. The summed E-state index contributed by atoms with van der Waals surface area (Å²) in [6.07, 6.45) is 4.48. The zero-order chi connectivity index (χ0) is 12.1. The van der Waals surface area contributed by atoms with E-state index in [9.17, 15) is 5.11 Å². The Morgan fingerprint density at radius 3 is 2.76 bits per heavy atom. The SMILES string of the molecule is CC(NCCc1ncc[nH]1)c1ccc(O)cc1. The lowest BCUT2D eigenvalue weighted by molar-refractivity contribution is 0.474. The molecule has 0 aliphatic rings. The highest BCUT2D eigenvalue weighted by molar-refractivity contribution is 5.27. The van der Waals surface area contributed by atoms with E-state index >= 15 is 0 Å². The van der Waals surface area contributed by atoms with Crippen LogP contribution in [0.5, 0.6) is 5.75 Å². The lowest BCUT2D eigenvalue weighted by Crippen LogP contribution is -2.21. The Morgan fingerprint density at radius 2 is 2.12 bits per heavy atom. The van der Waals surface area contributed by atoms with Gasteiger partial charge in [0.05, 0.1) is 0 Å². The summed E-state index contributed by atoms with van der Waals surface area (Å²) in [5.74, 6) is 1.30. The van der Waals surface area contributed by atoms with Gasteiger partial charge in [-0.3, -0.25) is 0 Å². The predicted octanol–water partition coefficient (Wildman–Crippen LogP) is 2.01. The third kappa shape index (κ3) is 3.32. The molecular formula is C13H17N3O. The van der Waals surface area contributed by atoms with Crippen LogP contribution >= 0.6 is 0 Å². The molecule has 1 atom stereocenters. The summed E-state index contributed by atoms with van der Waals surface area (Å²) in [5, 5.41) is 12.6. The van der Waals surface area contributed by atoms with Crippen LogP contribution < -0.4 is 5.32 Å². The maximum absolute atomic E-state index is 9.21. The molecule has 90 valence electrons. The topological polar surface area (TPSA) is 60.9 Å². The highest BCUT2D eigenvalue weighted by Gasteiger charge is 2.04. The first-order chi connectivity index (χ1) is 8.25. The van der Waals surface area contributed by atoms with Gasteiger partial charge in [-0.25, -0.2) is 4.98 Å². The van der Waals surface area contributed by atoms with Gasteiger partial charge in [0.1, 0.15) is 11.6 Å². The molecule has 2 rings (SSSR count). The summed E-state index contributed by atoms with van der Waals surface area (Å²) in [7, 11) is 0. The number of hydrogen-bond acceptors (Lipinski definition) is 3. The number of aromatic hydroxyl groups is 1. The molecule has 3 N–H and O–H groups in total. The van der Waals surface area contributed by atoms with Crippen LogP contribution in [0.2, 0.25) is 0 Å². The summed E-state index contributed by atoms with van der Waals surface area (Å²) in [6, 6.07) is 7.55. The number of aromatic amines is 1. The second kappa shape index (κ2) is 5.50. The standard InChI is InChI=1S/C13H17N3O/c1-10(11-2-4-12(17)5-3-11)14-7-6-13-15-8-9-16-13/h2-5,8-10,14,17H,6-7H2,1H3,(H,15,16). The van der Waals surface area contributed by atoms with Gasteiger partial charge in [0.25, 0.3) is 0 Å². The molecule has 4 nitrogen and oxygen atoms in total. The molecule has 0 aliphatic heterocycles. The molecule has 0 saturated carbocycles. The molecule has 1 heterocycles. The van der Waals surface area contributed by atoms with Crippen molar-refractivity contribution in [3.05, 3.63) is 48.0 Å². The van der Waals surface area contributed by atoms with Crippen molar-refractivity contribution in [2.45, 2.75) is 19.4 Å². The summed E-state index contributed by atoms with van der Waals surface area (Å²) < 4.78 is 0. The predicted molar refractivity (Wildman–Crippen MR) is 66.8 cm³/mol. The second-order valence-corrected chi connectivity index (χ2v) is 4.05. The number of phenolic OH excluding ortho intramolecular Hbond substituents is 1. The molecule has 1 aromatic carbocycles. The summed E-state index contributed by atoms with van der Waals surface area (Å²) >= 11 is 0. The molecule has 0 spiro atoms. The number of rotatable bonds is 5. The van der Waals surface area contributed by atoms with Crippen LogP contribution in [-0.4, -0.2) is 21.6 Å². The van der Waals surface area contributed by atoms with Crippen molar-refractivity contribution in [1.82, 2.24) is 15.3 Å². The minimum Gasteiger partial charge on any atom is -0.508 e. The van der Waals surface area contributed by atoms with Crippen LogP contribution in [0.1, 0.15) is 24.4 Å². The van der Waals surface area contributed by atoms with Gasteiger partial charge in [0, 0.05) is 31.4 Å². The maximum atomic E-state index is 9.21. The monoisotopic (exact) mass is 231 g/mol. The Balaban J connectivity index is 1.81. The highest BCUT2D eigenvalue weighted by atomic mass is 16.3. The molecular weight excluding hydrogens is 214 g/mol. The lowest BCUT2D eigenvalue weighted by atomic mass is 10.1. The fraction of sp³-hybridized carbons (Fsp3) is 0.308. The number of H-pyrrole nitrogens is 1. The van der Waals surface area contributed by atoms with Crippen LogP contribution in [0.4, 0.5) is 0 Å². The molecule has 4 heteroatoms. The van der Waals surface area contributed by atoms with E-state index in [1.165, 1.54) is 5.56 Å². The van der Waals surface area contributed by atoms with Crippen molar-refractivity contribution in [3.63, 3.8) is 0 Å². The fourth-order valence-electron chi connectivity index (χ4n) is 1.72. The van der Waals surface area contributed by atoms with Gasteiger partial charge in [-0.15, -0.1) is 0 Å². The Kier molecular flexibility index (Phi) is 3.77. The summed E-state index contributed by atoms with van der Waals surface area (Å²) in [5.41, 5.74) is 1.17. The smallest absolute Gasteiger partial charge is 0.115 e. The average molecular weight is 231 g/mol. The Bertz CT molecular complexity index is 436. The highest BCUT2D eigenvalue weighted by Crippen LogP contribution is 2.16. The third-order valence-electron chi connectivity index (χ3n) is 2.76. The number of benzene rings is 1. The fourth-order valence-corrected chi connectivity index (χ4v) is 1.72. The number of phenols is 1. The van der Waals surface area contributed by atoms with Crippen LogP contribution in [0.25, 0.3) is 0 Å². The zero-order valence-electron chi connectivity index (χ0n) is 9.85. The van der Waals surface area contributed by atoms with Gasteiger partial charge in [-0.05, 0) is 24.6 Å². The average Bonchev–Trinajstić information content (AvgIpc) is 2.83. The first-order valence-electron chi connectivity index (χ1n) is 5.76. The molecule has 1 aromatic heterocycles. The summed E-state index contributed by atoms with van der Waals surface area (Å²) in [4.78, 5) is 7.24. The van der Waals surface area contributed by atoms with Crippen LogP contribution in [-0.2, 0) is 6.42 Å². The largest absolute Gasteiger partial charge is 0.508 e. The van der Waals surface area contributed by atoms with Gasteiger partial charge in [-0.1, -0.05) is 12.1 Å². The molecule has 0 radical (unpaired) electrons. The van der Waals surface area contributed by atoms with Gasteiger partial charge < -0.3 is 15.4 Å². The molecule has 0 amide bonds. The quantitative estimate of drug-likeness (QED) is 0.737. The maximum Gasteiger partial charge on any atom is 0.115 e. The van der Waals surface area contributed by atoms with Crippen LogP contribution in [0.3, 0.4) is 0 Å². The number of nitrogens with one attached hydrogen (secondary N) is 2. The van der Waals surface area contributed by atoms with Crippen molar-refractivity contribution in [1.29, 1.82) is 0 Å². The second-order valence-electron chi connectivity index (χ2n) is 4.05. The van der Waals surface area contributed by atoms with E-state index in [2.05, 4.69) is 22.2 Å². The van der Waals surface area contributed by atoms with Crippen LogP contribution in [0, 0.1) is 0 Å². The third-order valence-corrected chi connectivity index (χ3v) is 2.76. The van der Waals surface area contributed by atoms with E-state index in [4.69, 9.17) is 0 Å². The van der Waals surface area contributed by atoms with Crippen molar-refractivity contribution in [2.24, 2.45) is 0 Å². The van der Waals surface area contributed by atoms with E-state index in [-0.39, 0.29) is 6.04 Å². The van der Waals surface area contributed by atoms with Crippen molar-refractivity contribution in [2.75, 3.05) is 6.54 Å². The minimum absolute atomic E-state index is 0.269. The van der Waals surface area contributed by atoms with E-state index in [0.717, 1.165) is 18.8 Å².